The molecule has 0 radical (unpaired) electrons. The molecule has 150 valence electrons. The zero-order valence-electron chi connectivity index (χ0n) is 16.8. The van der Waals surface area contributed by atoms with Gasteiger partial charge in [-0.1, -0.05) is 37.0 Å². The SMILES string of the molecule is Cc1cc(C)c(S(=O)(=O)NC2CCN(C(=O)C3CCCCC3)CC2)c(C)c1. The van der Waals surface area contributed by atoms with E-state index in [2.05, 4.69) is 4.72 Å². The maximum Gasteiger partial charge on any atom is 0.241 e. The smallest absolute Gasteiger partial charge is 0.241 e. The number of aryl methyl sites for hydroxylation is 3. The molecule has 2 aliphatic rings. The van der Waals surface area contributed by atoms with Gasteiger partial charge in [0.25, 0.3) is 0 Å². The van der Waals surface area contributed by atoms with Crippen LogP contribution in [0.2, 0.25) is 0 Å². The van der Waals surface area contributed by atoms with Crippen LogP contribution in [0.1, 0.15) is 61.6 Å². The summed E-state index contributed by atoms with van der Waals surface area (Å²) in [6.07, 6.45) is 6.94. The first-order valence-corrected chi connectivity index (χ1v) is 11.6. The number of carbonyl (C=O) groups excluding carboxylic acids is 1. The Balaban J connectivity index is 1.61. The van der Waals surface area contributed by atoms with Crippen molar-refractivity contribution in [3.63, 3.8) is 0 Å². The van der Waals surface area contributed by atoms with Crippen molar-refractivity contribution >= 4 is 15.9 Å². The fourth-order valence-corrected chi connectivity index (χ4v) is 6.45. The number of benzene rings is 1. The molecule has 1 amide bonds. The van der Waals surface area contributed by atoms with E-state index in [4.69, 9.17) is 0 Å². The average molecular weight is 393 g/mol. The minimum Gasteiger partial charge on any atom is -0.342 e. The van der Waals surface area contributed by atoms with Crippen molar-refractivity contribution in [2.24, 2.45) is 5.92 Å². The molecule has 1 heterocycles. The van der Waals surface area contributed by atoms with Gasteiger partial charge in [-0.25, -0.2) is 13.1 Å². The van der Waals surface area contributed by atoms with Crippen molar-refractivity contribution in [3.8, 4) is 0 Å². The van der Waals surface area contributed by atoms with Crippen molar-refractivity contribution in [3.05, 3.63) is 28.8 Å². The molecular formula is C21H32N2O3S. The molecule has 1 N–H and O–H groups in total. The van der Waals surface area contributed by atoms with Gasteiger partial charge in [-0.05, 0) is 57.6 Å². The molecule has 3 rings (SSSR count). The number of nitrogens with one attached hydrogen (secondary N) is 1. The Morgan fingerprint density at radius 1 is 0.963 bits per heavy atom. The summed E-state index contributed by atoms with van der Waals surface area (Å²) in [5, 5.41) is 0. The van der Waals surface area contributed by atoms with Crippen LogP contribution in [0, 0.1) is 26.7 Å². The zero-order chi connectivity index (χ0) is 19.6. The fourth-order valence-electron chi connectivity index (χ4n) is 4.69. The van der Waals surface area contributed by atoms with Gasteiger partial charge in [-0.3, -0.25) is 4.79 Å². The van der Waals surface area contributed by atoms with E-state index >= 15 is 0 Å². The number of carbonyl (C=O) groups is 1. The Morgan fingerprint density at radius 2 is 1.52 bits per heavy atom. The molecule has 0 aromatic heterocycles. The summed E-state index contributed by atoms with van der Waals surface area (Å²) in [6, 6.07) is 3.71. The molecule has 0 spiro atoms. The first kappa shape index (κ1) is 20.3. The van der Waals surface area contributed by atoms with Crippen LogP contribution in [0.3, 0.4) is 0 Å². The molecule has 0 atom stereocenters. The van der Waals surface area contributed by atoms with Gasteiger partial charge in [0.1, 0.15) is 0 Å². The highest BCUT2D eigenvalue weighted by atomic mass is 32.2. The molecule has 1 saturated heterocycles. The van der Waals surface area contributed by atoms with Crippen molar-refractivity contribution in [1.29, 1.82) is 0 Å². The van der Waals surface area contributed by atoms with E-state index in [0.717, 1.165) is 42.4 Å². The second-order valence-corrected chi connectivity index (χ2v) is 9.93. The molecule has 1 aromatic rings. The lowest BCUT2D eigenvalue weighted by atomic mass is 9.87. The number of piperidine rings is 1. The van der Waals surface area contributed by atoms with Crippen molar-refractivity contribution in [2.45, 2.75) is 76.7 Å². The molecule has 5 nitrogen and oxygen atoms in total. The van der Waals surface area contributed by atoms with E-state index in [9.17, 15) is 13.2 Å². The number of sulfonamides is 1. The monoisotopic (exact) mass is 392 g/mol. The van der Waals surface area contributed by atoms with E-state index in [-0.39, 0.29) is 17.9 Å². The number of likely N-dealkylation sites (tertiary alicyclic amines) is 1. The standard InChI is InChI=1S/C21H32N2O3S/c1-15-13-16(2)20(17(3)14-15)27(25,26)22-19-9-11-23(12-10-19)21(24)18-7-5-4-6-8-18/h13-14,18-19,22H,4-12H2,1-3H3. The van der Waals surface area contributed by atoms with E-state index in [1.165, 1.54) is 6.42 Å². The molecule has 0 bridgehead atoms. The van der Waals surface area contributed by atoms with Gasteiger partial charge in [-0.15, -0.1) is 0 Å². The summed E-state index contributed by atoms with van der Waals surface area (Å²) in [5.74, 6) is 0.464. The Morgan fingerprint density at radius 3 is 2.07 bits per heavy atom. The minimum atomic E-state index is -3.55. The van der Waals surface area contributed by atoms with Crippen molar-refractivity contribution in [1.82, 2.24) is 9.62 Å². The Labute approximate surface area is 163 Å². The van der Waals surface area contributed by atoms with Gasteiger partial charge in [0.05, 0.1) is 4.90 Å². The van der Waals surface area contributed by atoms with Gasteiger partial charge in [0.15, 0.2) is 0 Å². The highest BCUT2D eigenvalue weighted by molar-refractivity contribution is 7.89. The number of hydrogen-bond donors (Lipinski definition) is 1. The normalized spacial score (nSPS) is 20.0. The van der Waals surface area contributed by atoms with Gasteiger partial charge in [-0.2, -0.15) is 0 Å². The Bertz CT molecular complexity index is 767. The minimum absolute atomic E-state index is 0.106. The predicted molar refractivity (Wildman–Crippen MR) is 107 cm³/mol. The average Bonchev–Trinajstić information content (AvgIpc) is 2.61. The number of amides is 1. The van der Waals surface area contributed by atoms with Crippen LogP contribution in [0.15, 0.2) is 17.0 Å². The highest BCUT2D eigenvalue weighted by Gasteiger charge is 2.31. The van der Waals surface area contributed by atoms with Crippen LogP contribution in [-0.2, 0) is 14.8 Å². The van der Waals surface area contributed by atoms with Crippen LogP contribution in [0.5, 0.6) is 0 Å². The summed E-state index contributed by atoms with van der Waals surface area (Å²) in [7, 11) is -3.55. The van der Waals surface area contributed by atoms with Gasteiger partial charge < -0.3 is 4.90 Å². The first-order valence-electron chi connectivity index (χ1n) is 10.2. The number of nitrogens with zero attached hydrogens (tertiary/aromatic N) is 1. The lowest BCUT2D eigenvalue weighted by molar-refractivity contribution is -0.137. The third-order valence-electron chi connectivity index (χ3n) is 5.96. The Kier molecular flexibility index (Phi) is 6.26. The molecule has 6 heteroatoms. The molecular weight excluding hydrogens is 360 g/mol. The number of hydrogen-bond acceptors (Lipinski definition) is 3. The maximum absolute atomic E-state index is 12.9. The fraction of sp³-hybridized carbons (Fsp3) is 0.667. The second kappa shape index (κ2) is 8.31. The highest BCUT2D eigenvalue weighted by Crippen LogP contribution is 2.27. The second-order valence-electron chi connectivity index (χ2n) is 8.28. The topological polar surface area (TPSA) is 66.5 Å². The molecule has 1 aliphatic heterocycles. The number of rotatable bonds is 4. The van der Waals surface area contributed by atoms with Crippen LogP contribution < -0.4 is 4.72 Å². The van der Waals surface area contributed by atoms with Crippen LogP contribution >= 0.6 is 0 Å². The summed E-state index contributed by atoms with van der Waals surface area (Å²) < 4.78 is 28.7. The lowest BCUT2D eigenvalue weighted by Crippen LogP contribution is -2.48. The largest absolute Gasteiger partial charge is 0.342 e. The predicted octanol–water partition coefficient (Wildman–Crippen LogP) is 3.46. The summed E-state index contributed by atoms with van der Waals surface area (Å²) in [5.41, 5.74) is 2.63. The van der Waals surface area contributed by atoms with E-state index in [1.807, 2.05) is 37.8 Å². The van der Waals surface area contributed by atoms with Gasteiger partial charge in [0.2, 0.25) is 15.9 Å². The van der Waals surface area contributed by atoms with Crippen LogP contribution in [0.4, 0.5) is 0 Å². The van der Waals surface area contributed by atoms with Crippen molar-refractivity contribution in [2.75, 3.05) is 13.1 Å². The third kappa shape index (κ3) is 4.72. The van der Waals surface area contributed by atoms with Crippen LogP contribution in [-0.4, -0.2) is 38.4 Å². The summed E-state index contributed by atoms with van der Waals surface area (Å²) in [6.45, 7) is 6.96. The van der Waals surface area contributed by atoms with E-state index in [1.54, 1.807) is 0 Å². The van der Waals surface area contributed by atoms with E-state index < -0.39 is 10.0 Å². The molecule has 2 fully saturated rings. The molecule has 1 aromatic carbocycles. The molecule has 1 aliphatic carbocycles. The summed E-state index contributed by atoms with van der Waals surface area (Å²) in [4.78, 5) is 15.0. The van der Waals surface area contributed by atoms with Gasteiger partial charge >= 0.3 is 0 Å². The molecule has 27 heavy (non-hydrogen) atoms. The molecule has 0 unspecified atom stereocenters. The van der Waals surface area contributed by atoms with Crippen molar-refractivity contribution < 1.29 is 13.2 Å². The maximum atomic E-state index is 12.9. The van der Waals surface area contributed by atoms with E-state index in [0.29, 0.717) is 30.8 Å². The Hall–Kier alpha value is -1.40. The third-order valence-corrected chi connectivity index (χ3v) is 7.78. The van der Waals surface area contributed by atoms with Crippen LogP contribution in [0.25, 0.3) is 0 Å². The van der Waals surface area contributed by atoms with Gasteiger partial charge in [0, 0.05) is 25.0 Å². The first-order chi connectivity index (χ1) is 12.8. The molecule has 1 saturated carbocycles. The zero-order valence-corrected chi connectivity index (χ0v) is 17.6. The summed E-state index contributed by atoms with van der Waals surface area (Å²) >= 11 is 0. The quantitative estimate of drug-likeness (QED) is 0.853. The lowest BCUT2D eigenvalue weighted by Gasteiger charge is -2.35.